The predicted molar refractivity (Wildman–Crippen MR) is 626 cm³/mol. The summed E-state index contributed by atoms with van der Waals surface area (Å²) in [6.07, 6.45) is 1.98. The van der Waals surface area contributed by atoms with Gasteiger partial charge in [0.1, 0.15) is 33.5 Å². The SMILES string of the molecule is c1cc(-c2cccc(-n3c4ccccc4c4ccccc43)c2)cc(-c2c3c(cnc4ccccc43)cc3oc4ccccc4c23)c1.c1ccc(-c2nc3ccccc3c3c(-c4cccc(-c5ccc(-n6c7ccccc7c7ccccc76)cc5)c4)c4c(cc23)oc2ccccc24)cc1.c1ccc(-c2nc3ccccc3c3c(-c4cccc(-c5cccc(-n6c7ccccc7c7ccccc76)c5)c4)c4c(cc23)oc2ccccc24)cc1. The highest BCUT2D eigenvalue weighted by Gasteiger charge is 2.28. The molecule has 0 aliphatic heterocycles. The Morgan fingerprint density at radius 1 is 0.153 bits per heavy atom. The minimum absolute atomic E-state index is 0.858. The molecule has 0 fully saturated rings. The fourth-order valence-electron chi connectivity index (χ4n) is 24.0. The van der Waals surface area contributed by atoms with Crippen LogP contribution in [-0.2, 0) is 0 Å². The number of hydrogen-bond donors (Lipinski definition) is 0. The fourth-order valence-corrected chi connectivity index (χ4v) is 24.0. The second-order valence-corrected chi connectivity index (χ2v) is 38.9. The molecule has 0 spiro atoms. The van der Waals surface area contributed by atoms with Gasteiger partial charge in [0.2, 0.25) is 0 Å². The van der Waals surface area contributed by atoms with Gasteiger partial charge < -0.3 is 27.0 Å². The molecule has 0 saturated carbocycles. The highest BCUT2D eigenvalue weighted by molar-refractivity contribution is 6.31. The van der Waals surface area contributed by atoms with Crippen molar-refractivity contribution in [2.45, 2.75) is 0 Å². The lowest BCUT2D eigenvalue weighted by Crippen LogP contribution is -1.94. The largest absolute Gasteiger partial charge is 0.456 e. The summed E-state index contributed by atoms with van der Waals surface area (Å²) in [7, 11) is 0. The van der Waals surface area contributed by atoms with Crippen molar-refractivity contribution in [1.29, 1.82) is 0 Å². The average molecular weight is 1910 g/mol. The molecule has 23 aromatic carbocycles. The van der Waals surface area contributed by atoms with Gasteiger partial charge in [-0.05, 0) is 196 Å². The Kier molecular flexibility index (Phi) is 19.9. The molecule has 9 heteroatoms. The van der Waals surface area contributed by atoms with E-state index in [1.165, 1.54) is 92.7 Å². The van der Waals surface area contributed by atoms with Crippen molar-refractivity contribution in [3.8, 4) is 106 Å². The Balaban J connectivity index is 0.000000104. The van der Waals surface area contributed by atoms with Crippen LogP contribution in [-0.4, -0.2) is 28.7 Å². The van der Waals surface area contributed by atoms with Crippen LogP contribution in [0.5, 0.6) is 0 Å². The van der Waals surface area contributed by atoms with Gasteiger partial charge in [0.05, 0.1) is 61.0 Å². The average Bonchev–Trinajstić information content (AvgIpc) is 1.45. The predicted octanol–water partition coefficient (Wildman–Crippen LogP) is 38.5. The zero-order valence-electron chi connectivity index (χ0n) is 81.1. The summed E-state index contributed by atoms with van der Waals surface area (Å²) < 4.78 is 26.8. The smallest absolute Gasteiger partial charge is 0.136 e. The number of furan rings is 3. The molecule has 32 aromatic rings. The summed E-state index contributed by atoms with van der Waals surface area (Å²) >= 11 is 0. The van der Waals surface area contributed by atoms with Crippen molar-refractivity contribution < 1.29 is 13.3 Å². The van der Waals surface area contributed by atoms with Crippen LogP contribution >= 0.6 is 0 Å². The van der Waals surface area contributed by atoms with Gasteiger partial charge >= 0.3 is 0 Å². The molecule has 150 heavy (non-hydrogen) atoms. The van der Waals surface area contributed by atoms with Crippen molar-refractivity contribution >= 4 is 196 Å². The third-order valence-corrected chi connectivity index (χ3v) is 30.5. The van der Waals surface area contributed by atoms with Crippen LogP contribution in [0.1, 0.15) is 0 Å². The van der Waals surface area contributed by atoms with E-state index in [0.717, 1.165) is 210 Å². The molecule has 9 heterocycles. The molecule has 0 N–H and O–H groups in total. The highest BCUT2D eigenvalue weighted by Crippen LogP contribution is 2.53. The van der Waals surface area contributed by atoms with Crippen molar-refractivity contribution in [2.75, 3.05) is 0 Å². The van der Waals surface area contributed by atoms with Crippen LogP contribution in [0.2, 0.25) is 0 Å². The minimum atomic E-state index is 0.858. The zero-order valence-corrected chi connectivity index (χ0v) is 81.1. The van der Waals surface area contributed by atoms with Gasteiger partial charge in [-0.1, -0.05) is 370 Å². The Bertz CT molecular complexity index is 11000. The Hall–Kier alpha value is -20.1. The highest BCUT2D eigenvalue weighted by atomic mass is 16.3. The maximum atomic E-state index is 6.64. The molecule has 0 amide bonds. The molecule has 0 radical (unpaired) electrons. The number of nitrogens with zero attached hydrogens (tertiary/aromatic N) is 6. The molecular weight excluding hydrogens is 1830 g/mol. The van der Waals surface area contributed by atoms with Crippen LogP contribution in [0.3, 0.4) is 0 Å². The van der Waals surface area contributed by atoms with Gasteiger partial charge in [0, 0.05) is 164 Å². The first-order valence-electron chi connectivity index (χ1n) is 51.1. The number of rotatable bonds is 11. The summed E-state index contributed by atoms with van der Waals surface area (Å²) in [5.74, 6) is 0. The maximum absolute atomic E-state index is 6.64. The van der Waals surface area contributed by atoms with E-state index in [9.17, 15) is 0 Å². The monoisotopic (exact) mass is 1910 g/mol. The molecule has 9 aromatic heterocycles. The quantitative estimate of drug-likeness (QED) is 0.120. The Morgan fingerprint density at radius 3 is 0.807 bits per heavy atom. The van der Waals surface area contributed by atoms with Crippen molar-refractivity contribution in [3.05, 3.63) is 522 Å². The van der Waals surface area contributed by atoms with Crippen LogP contribution in [0.15, 0.2) is 535 Å². The topological polar surface area (TPSA) is 92.9 Å². The summed E-state index contributed by atoms with van der Waals surface area (Å²) in [6, 6.07) is 184. The normalized spacial score (nSPS) is 11.9. The van der Waals surface area contributed by atoms with Crippen molar-refractivity contribution in [3.63, 3.8) is 0 Å². The van der Waals surface area contributed by atoms with Gasteiger partial charge in [-0.3, -0.25) is 4.98 Å². The minimum Gasteiger partial charge on any atom is -0.456 e. The Morgan fingerprint density at radius 2 is 0.427 bits per heavy atom. The molecular formula is C141H86N6O3. The van der Waals surface area contributed by atoms with Crippen molar-refractivity contribution in [1.82, 2.24) is 28.7 Å². The summed E-state index contributed by atoms with van der Waals surface area (Å²) in [5.41, 5.74) is 36.8. The van der Waals surface area contributed by atoms with E-state index in [0.29, 0.717) is 0 Å². The maximum Gasteiger partial charge on any atom is 0.136 e. The van der Waals surface area contributed by atoms with E-state index in [-0.39, 0.29) is 0 Å². The van der Waals surface area contributed by atoms with Crippen LogP contribution in [0.25, 0.3) is 303 Å². The lowest BCUT2D eigenvalue weighted by atomic mass is 9.88. The van der Waals surface area contributed by atoms with E-state index < -0.39 is 0 Å². The molecule has 0 saturated heterocycles. The lowest BCUT2D eigenvalue weighted by molar-refractivity contribution is 0.669. The summed E-state index contributed by atoms with van der Waals surface area (Å²) in [6.45, 7) is 0. The fraction of sp³-hybridized carbons (Fsp3) is 0. The second kappa shape index (κ2) is 34.9. The zero-order chi connectivity index (χ0) is 98.5. The van der Waals surface area contributed by atoms with E-state index in [4.69, 9.17) is 28.2 Å². The molecule has 0 atom stereocenters. The first-order chi connectivity index (χ1) is 74.4. The standard InChI is InChI=1S/2C49H30N2O.C43H26N2O/c1-2-14-31(15-3-1)49-40-30-45-48(39-23-7-11-27-44(39)52-45)46(47(40)38-22-4-8-24-41(38)50-49)34-18-12-16-32(28-34)33-17-13-19-35(29-33)51-42-25-9-5-20-36(42)37-21-6-10-26-43(37)51;1-2-13-32(14-3-1)49-40-30-45-48(39-20-7-11-24-44(39)52-45)46(47(40)38-19-4-8-21-41(38)50-49)34-16-12-15-33(29-34)31-25-27-35(28-26-31)51-42-22-9-5-17-36(42)37-18-6-10-23-43(37)51;1-5-19-36-34(17-1)41-30(26-44-36)25-40-43(35-18-4-8-22-39(35)46-40)42(41)29-13-9-11-27(23-29)28-12-10-14-31(24-28)45-37-20-6-2-15-32(37)33-16-3-7-21-38(33)45/h2*1-30H;1-26H. The van der Waals surface area contributed by atoms with E-state index >= 15 is 0 Å². The van der Waals surface area contributed by atoms with E-state index in [1.807, 2.05) is 24.4 Å². The number of benzene rings is 23. The van der Waals surface area contributed by atoms with E-state index in [1.54, 1.807) is 0 Å². The number of fused-ring (bicyclic) bond motifs is 27. The van der Waals surface area contributed by atoms with Crippen LogP contribution in [0, 0.1) is 0 Å². The molecule has 0 aliphatic carbocycles. The van der Waals surface area contributed by atoms with Crippen molar-refractivity contribution in [2.24, 2.45) is 0 Å². The summed E-state index contributed by atoms with van der Waals surface area (Å²) in [4.78, 5) is 15.3. The molecule has 0 unspecified atom stereocenters. The summed E-state index contributed by atoms with van der Waals surface area (Å²) in [5, 5.41) is 24.5. The van der Waals surface area contributed by atoms with E-state index in [2.05, 4.69) is 511 Å². The third-order valence-electron chi connectivity index (χ3n) is 30.5. The second-order valence-electron chi connectivity index (χ2n) is 38.9. The van der Waals surface area contributed by atoms with Gasteiger partial charge in [-0.25, -0.2) is 9.97 Å². The number of aromatic nitrogens is 6. The first-order valence-corrected chi connectivity index (χ1v) is 51.1. The first kappa shape index (κ1) is 85.5. The van der Waals surface area contributed by atoms with Gasteiger partial charge in [0.15, 0.2) is 0 Å². The molecule has 9 nitrogen and oxygen atoms in total. The Labute approximate surface area is 860 Å². The number of pyridine rings is 3. The van der Waals surface area contributed by atoms with Crippen LogP contribution in [0.4, 0.5) is 0 Å². The number of para-hydroxylation sites is 12. The van der Waals surface area contributed by atoms with Crippen LogP contribution < -0.4 is 0 Å². The molecule has 0 bridgehead atoms. The molecule has 0 aliphatic rings. The van der Waals surface area contributed by atoms with Gasteiger partial charge in [-0.2, -0.15) is 0 Å². The molecule has 698 valence electrons. The third kappa shape index (κ3) is 13.9. The number of hydrogen-bond acceptors (Lipinski definition) is 6. The van der Waals surface area contributed by atoms with Gasteiger partial charge in [-0.15, -0.1) is 0 Å². The molecule has 32 rings (SSSR count). The van der Waals surface area contributed by atoms with Gasteiger partial charge in [0.25, 0.3) is 0 Å². The lowest BCUT2D eigenvalue weighted by Gasteiger charge is -2.16.